The lowest BCUT2D eigenvalue weighted by atomic mass is 9.98. The number of fused-ring (bicyclic) bond motifs is 2. The molecule has 5 rings (SSSR count). The zero-order valence-electron chi connectivity index (χ0n) is 15.7. The van der Waals surface area contributed by atoms with Crippen molar-refractivity contribution >= 4 is 17.0 Å². The molecule has 0 atom stereocenters. The van der Waals surface area contributed by atoms with Crippen LogP contribution in [0.15, 0.2) is 66.6 Å². The van der Waals surface area contributed by atoms with Crippen molar-refractivity contribution in [3.63, 3.8) is 0 Å². The van der Waals surface area contributed by atoms with Gasteiger partial charge in [0.1, 0.15) is 28.8 Å². The van der Waals surface area contributed by atoms with Gasteiger partial charge in [0.05, 0.1) is 0 Å². The lowest BCUT2D eigenvalue weighted by Gasteiger charge is -2.06. The van der Waals surface area contributed by atoms with Crippen molar-refractivity contribution in [1.29, 1.82) is 0 Å². The number of allylic oxidation sites excluding steroid dienone is 1. The Labute approximate surface area is 166 Å². The minimum atomic E-state index is -0.278. The molecule has 0 aliphatic carbocycles. The van der Waals surface area contributed by atoms with Gasteiger partial charge in [0.2, 0.25) is 0 Å². The highest BCUT2D eigenvalue weighted by atomic mass is 19.1. The number of aromatic nitrogens is 1. The second-order valence-electron chi connectivity index (χ2n) is 7.24. The summed E-state index contributed by atoms with van der Waals surface area (Å²) in [6.07, 6.45) is 4.37. The summed E-state index contributed by atoms with van der Waals surface area (Å²) >= 11 is 0. The molecular formula is C24H18FNO3. The van der Waals surface area contributed by atoms with Crippen LogP contribution in [0.2, 0.25) is 0 Å². The van der Waals surface area contributed by atoms with E-state index in [0.717, 1.165) is 27.6 Å². The zero-order valence-corrected chi connectivity index (χ0v) is 15.7. The summed E-state index contributed by atoms with van der Waals surface area (Å²) in [6.45, 7) is 0. The number of phenolic OH excluding ortho intramolecular Hbond substituents is 2. The number of benzene rings is 3. The quantitative estimate of drug-likeness (QED) is 0.486. The molecule has 0 saturated carbocycles. The summed E-state index contributed by atoms with van der Waals surface area (Å²) in [5.74, 6) is 0.824. The van der Waals surface area contributed by atoms with E-state index in [-0.39, 0.29) is 17.3 Å². The Bertz CT molecular complexity index is 1300. The Morgan fingerprint density at radius 1 is 1.07 bits per heavy atom. The van der Waals surface area contributed by atoms with Gasteiger partial charge in [0.25, 0.3) is 0 Å². The molecule has 1 aliphatic heterocycles. The maximum atomic E-state index is 13.8. The number of aromatic hydroxyl groups is 2. The lowest BCUT2D eigenvalue weighted by molar-refractivity contribution is 0.430. The number of ether oxygens (including phenoxy) is 1. The molecule has 1 aliphatic rings. The molecule has 4 nitrogen and oxygen atoms in total. The Kier molecular flexibility index (Phi) is 3.84. The molecule has 0 amide bonds. The molecule has 0 unspecified atom stereocenters. The molecule has 0 saturated heterocycles. The largest absolute Gasteiger partial charge is 0.508 e. The van der Waals surface area contributed by atoms with Crippen LogP contribution in [0.5, 0.6) is 17.2 Å². The van der Waals surface area contributed by atoms with Gasteiger partial charge in [-0.05, 0) is 35.4 Å². The first kappa shape index (κ1) is 17.4. The van der Waals surface area contributed by atoms with Crippen LogP contribution in [0.25, 0.3) is 28.1 Å². The van der Waals surface area contributed by atoms with Gasteiger partial charge in [-0.3, -0.25) is 0 Å². The smallest absolute Gasteiger partial charge is 0.137 e. The van der Waals surface area contributed by atoms with Crippen molar-refractivity contribution in [3.05, 3.63) is 83.5 Å². The summed E-state index contributed by atoms with van der Waals surface area (Å²) < 4.78 is 21.7. The van der Waals surface area contributed by atoms with E-state index in [4.69, 9.17) is 4.74 Å². The molecule has 0 spiro atoms. The summed E-state index contributed by atoms with van der Waals surface area (Å²) in [5.41, 5.74) is 4.35. The molecular weight excluding hydrogens is 369 g/mol. The number of hydrogen-bond donors (Lipinski definition) is 2. The molecule has 5 heteroatoms. The molecule has 0 bridgehead atoms. The highest BCUT2D eigenvalue weighted by Gasteiger charge is 2.23. The van der Waals surface area contributed by atoms with Crippen molar-refractivity contribution < 1.29 is 19.3 Å². The van der Waals surface area contributed by atoms with Crippen LogP contribution >= 0.6 is 0 Å². The molecule has 2 N–H and O–H groups in total. The SMILES string of the molecule is Cn1cc(/C=C2/Cc3c(O)cc(O)cc3O2)c2c(-c3cccc(F)c3)cccc21. The predicted molar refractivity (Wildman–Crippen MR) is 110 cm³/mol. The summed E-state index contributed by atoms with van der Waals surface area (Å²) in [6, 6.07) is 15.3. The minimum absolute atomic E-state index is 0.0155. The maximum absolute atomic E-state index is 13.8. The van der Waals surface area contributed by atoms with Gasteiger partial charge in [0, 0.05) is 53.8 Å². The third-order valence-corrected chi connectivity index (χ3v) is 5.26. The number of phenols is 2. The Balaban J connectivity index is 1.65. The number of hydrogen-bond acceptors (Lipinski definition) is 3. The van der Waals surface area contributed by atoms with E-state index in [9.17, 15) is 14.6 Å². The van der Waals surface area contributed by atoms with Crippen molar-refractivity contribution in [2.75, 3.05) is 0 Å². The molecule has 144 valence electrons. The lowest BCUT2D eigenvalue weighted by Crippen LogP contribution is -1.88. The second-order valence-corrected chi connectivity index (χ2v) is 7.24. The van der Waals surface area contributed by atoms with Crippen LogP contribution in [-0.4, -0.2) is 14.8 Å². The first-order valence-electron chi connectivity index (χ1n) is 9.27. The summed E-state index contributed by atoms with van der Waals surface area (Å²) in [5, 5.41) is 20.8. The highest BCUT2D eigenvalue weighted by Crippen LogP contribution is 2.41. The first-order valence-corrected chi connectivity index (χ1v) is 9.27. The van der Waals surface area contributed by atoms with E-state index in [1.165, 1.54) is 24.3 Å². The predicted octanol–water partition coefficient (Wildman–Crippen LogP) is 5.37. The van der Waals surface area contributed by atoms with Crippen molar-refractivity contribution in [2.24, 2.45) is 7.05 Å². The van der Waals surface area contributed by atoms with Gasteiger partial charge >= 0.3 is 0 Å². The van der Waals surface area contributed by atoms with Gasteiger partial charge in [-0.15, -0.1) is 0 Å². The van der Waals surface area contributed by atoms with Gasteiger partial charge in [-0.2, -0.15) is 0 Å². The van der Waals surface area contributed by atoms with Crippen LogP contribution in [0.1, 0.15) is 11.1 Å². The van der Waals surface area contributed by atoms with Crippen molar-refractivity contribution in [2.45, 2.75) is 6.42 Å². The number of nitrogens with zero attached hydrogens (tertiary/aromatic N) is 1. The molecule has 29 heavy (non-hydrogen) atoms. The molecule has 3 aromatic carbocycles. The Morgan fingerprint density at radius 3 is 2.72 bits per heavy atom. The van der Waals surface area contributed by atoms with Crippen LogP contribution in [0.3, 0.4) is 0 Å². The molecule has 1 aromatic heterocycles. The van der Waals surface area contributed by atoms with Gasteiger partial charge in [-0.1, -0.05) is 24.3 Å². The fourth-order valence-electron chi connectivity index (χ4n) is 3.98. The van der Waals surface area contributed by atoms with E-state index in [1.807, 2.05) is 48.2 Å². The van der Waals surface area contributed by atoms with Gasteiger partial charge < -0.3 is 19.5 Å². The van der Waals surface area contributed by atoms with E-state index in [0.29, 0.717) is 23.5 Å². The normalized spacial score (nSPS) is 14.3. The van der Waals surface area contributed by atoms with E-state index in [2.05, 4.69) is 0 Å². The first-order chi connectivity index (χ1) is 14.0. The monoisotopic (exact) mass is 387 g/mol. The van der Waals surface area contributed by atoms with Crippen LogP contribution in [0, 0.1) is 5.82 Å². The van der Waals surface area contributed by atoms with E-state index in [1.54, 1.807) is 6.07 Å². The number of aryl methyl sites for hydroxylation is 1. The fourth-order valence-corrected chi connectivity index (χ4v) is 3.98. The van der Waals surface area contributed by atoms with Crippen LogP contribution in [-0.2, 0) is 13.5 Å². The maximum Gasteiger partial charge on any atom is 0.137 e. The van der Waals surface area contributed by atoms with Crippen LogP contribution < -0.4 is 4.74 Å². The Hall–Kier alpha value is -3.73. The average molecular weight is 387 g/mol. The van der Waals surface area contributed by atoms with Crippen molar-refractivity contribution in [1.82, 2.24) is 4.57 Å². The molecule has 0 fully saturated rings. The van der Waals surface area contributed by atoms with Crippen LogP contribution in [0.4, 0.5) is 4.39 Å². The van der Waals surface area contributed by atoms with Gasteiger partial charge in [0.15, 0.2) is 0 Å². The summed E-state index contributed by atoms with van der Waals surface area (Å²) in [7, 11) is 1.97. The number of halogens is 1. The minimum Gasteiger partial charge on any atom is -0.508 e. The van der Waals surface area contributed by atoms with E-state index < -0.39 is 0 Å². The molecule has 2 heterocycles. The standard InChI is InChI=1S/C24H18FNO3/c1-26-13-15(9-18-12-20-22(28)10-17(27)11-23(20)29-18)24-19(6-3-7-21(24)26)14-4-2-5-16(25)8-14/h2-11,13,27-28H,12H2,1H3/b18-9-. The summed E-state index contributed by atoms with van der Waals surface area (Å²) in [4.78, 5) is 0. The zero-order chi connectivity index (χ0) is 20.1. The molecule has 0 radical (unpaired) electrons. The highest BCUT2D eigenvalue weighted by molar-refractivity contribution is 6.01. The Morgan fingerprint density at radius 2 is 1.90 bits per heavy atom. The van der Waals surface area contributed by atoms with E-state index >= 15 is 0 Å². The third-order valence-electron chi connectivity index (χ3n) is 5.26. The van der Waals surface area contributed by atoms with Gasteiger partial charge in [-0.25, -0.2) is 4.39 Å². The van der Waals surface area contributed by atoms with Crippen molar-refractivity contribution in [3.8, 4) is 28.4 Å². The molecule has 4 aromatic rings. The number of rotatable bonds is 2. The fraction of sp³-hybridized carbons (Fsp3) is 0.0833. The average Bonchev–Trinajstić information content (AvgIpc) is 3.23. The third kappa shape index (κ3) is 2.91. The topological polar surface area (TPSA) is 54.6 Å². The second kappa shape index (κ2) is 6.41.